The highest BCUT2D eigenvalue weighted by atomic mass is 16.7. The zero-order chi connectivity index (χ0) is 30.5. The van der Waals surface area contributed by atoms with Crippen molar-refractivity contribution in [2.45, 2.75) is 81.3 Å². The molecule has 4 aliphatic heterocycles. The van der Waals surface area contributed by atoms with Crippen molar-refractivity contribution in [2.24, 2.45) is 0 Å². The van der Waals surface area contributed by atoms with E-state index in [0.29, 0.717) is 18.1 Å². The summed E-state index contributed by atoms with van der Waals surface area (Å²) in [5, 5.41) is 0. The van der Waals surface area contributed by atoms with Crippen LogP contribution in [-0.2, 0) is 41.6 Å². The topological polar surface area (TPSA) is 92.8 Å². The third kappa shape index (κ3) is 4.96. The highest BCUT2D eigenvalue weighted by Crippen LogP contribution is 2.56. The number of fused-ring (bicyclic) bond motifs is 3. The lowest BCUT2D eigenvalue weighted by atomic mass is 9.77. The maximum absolute atomic E-state index is 14.0. The number of hydrogen-bond donors (Lipinski definition) is 0. The fourth-order valence-corrected chi connectivity index (χ4v) is 7.50. The van der Waals surface area contributed by atoms with Crippen molar-refractivity contribution in [1.29, 1.82) is 0 Å². The van der Waals surface area contributed by atoms with Crippen molar-refractivity contribution in [1.82, 2.24) is 4.90 Å². The predicted molar refractivity (Wildman–Crippen MR) is 160 cm³/mol. The minimum atomic E-state index is -1.39. The zero-order valence-electron chi connectivity index (χ0n) is 25.5. The van der Waals surface area contributed by atoms with Gasteiger partial charge in [0.05, 0.1) is 37.2 Å². The van der Waals surface area contributed by atoms with Crippen LogP contribution in [0.5, 0.6) is 11.5 Å². The van der Waals surface area contributed by atoms with Gasteiger partial charge < -0.3 is 28.4 Å². The van der Waals surface area contributed by atoms with E-state index in [0.717, 1.165) is 54.8 Å². The molecule has 2 aromatic carbocycles. The largest absolute Gasteiger partial charge is 0.497 e. The molecule has 0 aromatic heterocycles. The van der Waals surface area contributed by atoms with Gasteiger partial charge in [-0.2, -0.15) is 0 Å². The molecule has 2 aromatic rings. The first kappa shape index (κ1) is 28.9. The Hall–Kier alpha value is -3.82. The quantitative estimate of drug-likeness (QED) is 0.292. The lowest BCUT2D eigenvalue weighted by molar-refractivity contribution is -0.210. The Morgan fingerprint density at radius 3 is 2.66 bits per heavy atom. The van der Waals surface area contributed by atoms with Crippen LogP contribution in [0.1, 0.15) is 62.1 Å². The number of rotatable bonds is 9. The first-order chi connectivity index (χ1) is 21.2. The Bertz CT molecular complexity index is 1510. The number of carbonyl (C=O) groups is 2. The van der Waals surface area contributed by atoms with E-state index < -0.39 is 29.2 Å². The van der Waals surface area contributed by atoms with Crippen molar-refractivity contribution >= 4 is 11.9 Å². The number of methoxy groups -OCH3 is 1. The van der Waals surface area contributed by atoms with Crippen molar-refractivity contribution < 1.29 is 38.0 Å². The summed E-state index contributed by atoms with van der Waals surface area (Å²) in [6.45, 7) is 6.40. The number of benzene rings is 2. The monoisotopic (exact) mass is 601 g/mol. The van der Waals surface area contributed by atoms with Crippen molar-refractivity contribution in [3.05, 3.63) is 83.1 Å². The molecule has 5 aliphatic rings. The van der Waals surface area contributed by atoms with Gasteiger partial charge in [0.1, 0.15) is 5.76 Å². The Morgan fingerprint density at radius 2 is 1.91 bits per heavy atom. The fourth-order valence-electron chi connectivity index (χ4n) is 7.50. The molecule has 0 unspecified atom stereocenters. The molecule has 0 radical (unpaired) electrons. The van der Waals surface area contributed by atoms with E-state index in [-0.39, 0.29) is 31.1 Å². The lowest BCUT2D eigenvalue weighted by Crippen LogP contribution is -2.56. The van der Waals surface area contributed by atoms with Crippen LogP contribution in [-0.4, -0.2) is 66.7 Å². The summed E-state index contributed by atoms with van der Waals surface area (Å²) in [5.74, 6) is 0.875. The molecule has 44 heavy (non-hydrogen) atoms. The molecule has 2 saturated heterocycles. The van der Waals surface area contributed by atoms with E-state index in [9.17, 15) is 9.59 Å². The molecule has 1 spiro atoms. The third-order valence-corrected chi connectivity index (χ3v) is 9.73. The van der Waals surface area contributed by atoms with Gasteiger partial charge in [0.2, 0.25) is 12.4 Å². The standard InChI is InChI=1S/C35H39NO8/c1-33(2,42-21-23-9-5-4-6-10-23)12-7-14-35(20-29(37)44-35)32(38)43-31-28(39-3)19-34-13-8-15-36(34)16-11-24-17-26-27(41-22-40-26)18-25(24)30(31)34/h4-7,9-10,12,17-19,30-31H,8,11,13-16,20-22H2,1-3H3/b12-7-/t30-,31-,34+,35+/m1/s1. The van der Waals surface area contributed by atoms with Gasteiger partial charge in [0.15, 0.2) is 17.6 Å². The van der Waals surface area contributed by atoms with Crippen LogP contribution in [0.2, 0.25) is 0 Å². The van der Waals surface area contributed by atoms with Crippen LogP contribution in [0.3, 0.4) is 0 Å². The number of carbonyl (C=O) groups excluding carboxylic acids is 2. The van der Waals surface area contributed by atoms with Crippen LogP contribution in [0.4, 0.5) is 0 Å². The zero-order valence-corrected chi connectivity index (χ0v) is 25.5. The molecule has 1 aliphatic carbocycles. The van der Waals surface area contributed by atoms with Crippen molar-refractivity contribution in [3.63, 3.8) is 0 Å². The van der Waals surface area contributed by atoms with Crippen molar-refractivity contribution in [2.75, 3.05) is 27.0 Å². The summed E-state index contributed by atoms with van der Waals surface area (Å²) >= 11 is 0. The molecule has 4 atom stereocenters. The smallest absolute Gasteiger partial charge is 0.352 e. The molecule has 0 bridgehead atoms. The molecule has 9 nitrogen and oxygen atoms in total. The maximum atomic E-state index is 14.0. The SMILES string of the molecule is COC1=C[C@]23CCCN2CCc2cc4c(cc2[C@@H]3[C@@H]1OC(=O)[C@]1(C/C=C\C(C)(C)OCc2ccccc2)CC(=O)O1)OCO4. The molecule has 0 saturated carbocycles. The van der Waals surface area contributed by atoms with Gasteiger partial charge in [-0.3, -0.25) is 9.69 Å². The summed E-state index contributed by atoms with van der Waals surface area (Å²) in [5.41, 5.74) is 0.972. The van der Waals surface area contributed by atoms with Crippen LogP contribution in [0.25, 0.3) is 0 Å². The minimum absolute atomic E-state index is 0.0442. The van der Waals surface area contributed by atoms with Gasteiger partial charge in [-0.05, 0) is 74.6 Å². The van der Waals surface area contributed by atoms with Gasteiger partial charge in [0.25, 0.3) is 0 Å². The normalized spacial score (nSPS) is 28.8. The minimum Gasteiger partial charge on any atom is -0.497 e. The summed E-state index contributed by atoms with van der Waals surface area (Å²) in [4.78, 5) is 28.7. The van der Waals surface area contributed by atoms with Gasteiger partial charge in [-0.1, -0.05) is 42.5 Å². The number of esters is 2. The maximum Gasteiger partial charge on any atom is 0.352 e. The Balaban J connectivity index is 1.14. The molecule has 2 fully saturated rings. The average molecular weight is 602 g/mol. The second-order valence-electron chi connectivity index (χ2n) is 12.9. The Kier molecular flexibility index (Phi) is 7.21. The van der Waals surface area contributed by atoms with E-state index in [1.165, 1.54) is 0 Å². The molecular formula is C35H39NO8. The summed E-state index contributed by atoms with van der Waals surface area (Å²) in [6, 6.07) is 14.1. The van der Waals surface area contributed by atoms with E-state index in [1.807, 2.05) is 56.3 Å². The fraction of sp³-hybridized carbons (Fsp3) is 0.486. The van der Waals surface area contributed by atoms with Crippen LogP contribution < -0.4 is 9.47 Å². The predicted octanol–water partition coefficient (Wildman–Crippen LogP) is 4.97. The van der Waals surface area contributed by atoms with Crippen LogP contribution in [0, 0.1) is 0 Å². The summed E-state index contributed by atoms with van der Waals surface area (Å²) in [6.07, 6.45) is 8.20. The van der Waals surface area contributed by atoms with Gasteiger partial charge >= 0.3 is 11.9 Å². The number of nitrogens with zero attached hydrogens (tertiary/aromatic N) is 1. The van der Waals surface area contributed by atoms with Crippen LogP contribution in [0.15, 0.2) is 66.5 Å². The van der Waals surface area contributed by atoms with E-state index in [2.05, 4.69) is 23.1 Å². The highest BCUT2D eigenvalue weighted by Gasteiger charge is 2.60. The summed E-state index contributed by atoms with van der Waals surface area (Å²) in [7, 11) is 1.62. The first-order valence-corrected chi connectivity index (χ1v) is 15.4. The molecule has 4 heterocycles. The molecule has 0 amide bonds. The lowest BCUT2D eigenvalue weighted by Gasteiger charge is -2.41. The molecule has 0 N–H and O–H groups in total. The molecule has 7 rings (SSSR count). The summed E-state index contributed by atoms with van der Waals surface area (Å²) < 4.78 is 35.5. The first-order valence-electron chi connectivity index (χ1n) is 15.4. The van der Waals surface area contributed by atoms with Gasteiger partial charge in [0, 0.05) is 13.0 Å². The molecule has 232 valence electrons. The number of hydrogen-bond acceptors (Lipinski definition) is 9. The van der Waals surface area contributed by atoms with Gasteiger partial charge in [-0.25, -0.2) is 4.79 Å². The average Bonchev–Trinajstić information content (AvgIpc) is 3.69. The van der Waals surface area contributed by atoms with Gasteiger partial charge in [-0.15, -0.1) is 0 Å². The second-order valence-corrected chi connectivity index (χ2v) is 12.9. The Labute approximate surface area is 257 Å². The highest BCUT2D eigenvalue weighted by molar-refractivity contribution is 5.94. The van der Waals surface area contributed by atoms with E-state index >= 15 is 0 Å². The molecular weight excluding hydrogens is 562 g/mol. The Morgan fingerprint density at radius 1 is 1.14 bits per heavy atom. The van der Waals surface area contributed by atoms with E-state index in [1.54, 1.807) is 7.11 Å². The third-order valence-electron chi connectivity index (χ3n) is 9.73. The van der Waals surface area contributed by atoms with Crippen molar-refractivity contribution in [3.8, 4) is 11.5 Å². The number of ether oxygens (including phenoxy) is 6. The molecule has 9 heteroatoms. The number of cyclic esters (lactones) is 1. The second kappa shape index (κ2) is 11.0. The van der Waals surface area contributed by atoms with Crippen LogP contribution >= 0.6 is 0 Å². The van der Waals surface area contributed by atoms with E-state index in [4.69, 9.17) is 28.4 Å².